The van der Waals surface area contributed by atoms with Crippen molar-refractivity contribution in [2.24, 2.45) is 5.92 Å². The summed E-state index contributed by atoms with van der Waals surface area (Å²) in [5, 5.41) is 0. The standard InChI is InChI=1S/C13H15NO/c15-9-14-12-7-3-1-5-10(12)11-6-2-4-8-13(11)14/h1,3,5,7,9-10,12H,2,4,6,8H2. The second-order valence-electron chi connectivity index (χ2n) is 4.48. The maximum Gasteiger partial charge on any atom is 0.214 e. The van der Waals surface area contributed by atoms with Crippen molar-refractivity contribution in [2.75, 3.05) is 0 Å². The number of amides is 1. The predicted octanol–water partition coefficient (Wildman–Crippen LogP) is 2.40. The molecule has 15 heavy (non-hydrogen) atoms. The van der Waals surface area contributed by atoms with Crippen LogP contribution >= 0.6 is 0 Å². The molecule has 0 saturated heterocycles. The van der Waals surface area contributed by atoms with E-state index in [9.17, 15) is 4.79 Å². The molecule has 1 heterocycles. The molecule has 0 bridgehead atoms. The molecule has 0 radical (unpaired) electrons. The van der Waals surface area contributed by atoms with Crippen LogP contribution in [-0.2, 0) is 4.79 Å². The van der Waals surface area contributed by atoms with Crippen molar-refractivity contribution in [3.63, 3.8) is 0 Å². The molecule has 3 aliphatic rings. The van der Waals surface area contributed by atoms with Crippen molar-refractivity contribution in [1.82, 2.24) is 4.90 Å². The third kappa shape index (κ3) is 1.21. The molecule has 3 rings (SSSR count). The molecule has 2 atom stereocenters. The van der Waals surface area contributed by atoms with Crippen molar-refractivity contribution in [1.29, 1.82) is 0 Å². The minimum atomic E-state index is 0.274. The van der Waals surface area contributed by atoms with Gasteiger partial charge in [-0.3, -0.25) is 4.79 Å². The lowest BCUT2D eigenvalue weighted by atomic mass is 9.85. The molecule has 0 aromatic heterocycles. The molecular weight excluding hydrogens is 186 g/mol. The first-order chi connectivity index (χ1) is 7.42. The molecule has 0 spiro atoms. The number of rotatable bonds is 1. The SMILES string of the molecule is O=CN1C2=C(CCCC2)C2C=CC=CC21. The molecule has 78 valence electrons. The zero-order valence-corrected chi connectivity index (χ0v) is 8.73. The molecule has 0 fully saturated rings. The quantitative estimate of drug-likeness (QED) is 0.596. The lowest BCUT2D eigenvalue weighted by Gasteiger charge is -2.24. The van der Waals surface area contributed by atoms with Gasteiger partial charge in [0.1, 0.15) is 0 Å². The van der Waals surface area contributed by atoms with E-state index in [1.807, 2.05) is 4.90 Å². The van der Waals surface area contributed by atoms with Crippen LogP contribution in [0.1, 0.15) is 25.7 Å². The monoisotopic (exact) mass is 201 g/mol. The highest BCUT2D eigenvalue weighted by Crippen LogP contribution is 2.43. The molecule has 0 aromatic carbocycles. The minimum Gasteiger partial charge on any atom is -0.311 e. The summed E-state index contributed by atoms with van der Waals surface area (Å²) in [6.45, 7) is 0. The number of nitrogens with zero attached hydrogens (tertiary/aromatic N) is 1. The Kier molecular flexibility index (Phi) is 2.01. The average Bonchev–Trinajstić information content (AvgIpc) is 2.63. The third-order valence-electron chi connectivity index (χ3n) is 3.73. The van der Waals surface area contributed by atoms with E-state index in [1.54, 1.807) is 0 Å². The van der Waals surface area contributed by atoms with Crippen LogP contribution in [0.3, 0.4) is 0 Å². The normalized spacial score (nSPS) is 32.9. The van der Waals surface area contributed by atoms with Crippen LogP contribution in [0.5, 0.6) is 0 Å². The van der Waals surface area contributed by atoms with Crippen LogP contribution in [0.15, 0.2) is 35.6 Å². The van der Waals surface area contributed by atoms with Gasteiger partial charge in [0.25, 0.3) is 0 Å². The van der Waals surface area contributed by atoms with Crippen LogP contribution in [-0.4, -0.2) is 17.4 Å². The molecule has 0 saturated carbocycles. The average molecular weight is 201 g/mol. The van der Waals surface area contributed by atoms with Gasteiger partial charge in [-0.25, -0.2) is 0 Å². The topological polar surface area (TPSA) is 20.3 Å². The molecular formula is C13H15NO. The number of carbonyl (C=O) groups excluding carboxylic acids is 1. The summed E-state index contributed by atoms with van der Waals surface area (Å²) in [7, 11) is 0. The number of carbonyl (C=O) groups is 1. The molecule has 0 aromatic rings. The first kappa shape index (κ1) is 8.96. The van der Waals surface area contributed by atoms with E-state index >= 15 is 0 Å². The van der Waals surface area contributed by atoms with Crippen LogP contribution in [0.2, 0.25) is 0 Å². The maximum atomic E-state index is 11.2. The fourth-order valence-electron chi connectivity index (χ4n) is 3.06. The number of hydrogen-bond acceptors (Lipinski definition) is 1. The van der Waals surface area contributed by atoms with E-state index in [1.165, 1.54) is 30.5 Å². The lowest BCUT2D eigenvalue weighted by Crippen LogP contribution is -2.31. The first-order valence-corrected chi connectivity index (χ1v) is 5.72. The molecule has 0 N–H and O–H groups in total. The Labute approximate surface area is 90.0 Å². The molecule has 2 heteroatoms. The van der Waals surface area contributed by atoms with Gasteiger partial charge in [0.15, 0.2) is 0 Å². The van der Waals surface area contributed by atoms with E-state index in [0.717, 1.165) is 12.8 Å². The zero-order valence-electron chi connectivity index (χ0n) is 8.73. The van der Waals surface area contributed by atoms with E-state index in [-0.39, 0.29) is 6.04 Å². The van der Waals surface area contributed by atoms with Gasteiger partial charge in [0.05, 0.1) is 6.04 Å². The molecule has 1 aliphatic heterocycles. The summed E-state index contributed by atoms with van der Waals surface area (Å²) in [6.07, 6.45) is 14.3. The van der Waals surface area contributed by atoms with Crippen LogP contribution in [0.4, 0.5) is 0 Å². The van der Waals surface area contributed by atoms with Gasteiger partial charge >= 0.3 is 0 Å². The summed E-state index contributed by atoms with van der Waals surface area (Å²) < 4.78 is 0. The summed E-state index contributed by atoms with van der Waals surface area (Å²) in [6, 6.07) is 0.274. The summed E-state index contributed by atoms with van der Waals surface area (Å²) in [5.74, 6) is 0.468. The highest BCUT2D eigenvalue weighted by Gasteiger charge is 2.38. The molecule has 2 unspecified atom stereocenters. The summed E-state index contributed by atoms with van der Waals surface area (Å²) in [5.41, 5.74) is 2.82. The second-order valence-corrected chi connectivity index (χ2v) is 4.48. The highest BCUT2D eigenvalue weighted by molar-refractivity contribution is 5.58. The number of fused-ring (bicyclic) bond motifs is 2. The van der Waals surface area contributed by atoms with Gasteiger partial charge in [-0.1, -0.05) is 24.3 Å². The fraction of sp³-hybridized carbons (Fsp3) is 0.462. The Hall–Kier alpha value is -1.31. The smallest absolute Gasteiger partial charge is 0.214 e. The van der Waals surface area contributed by atoms with Crippen molar-refractivity contribution in [2.45, 2.75) is 31.7 Å². The lowest BCUT2D eigenvalue weighted by molar-refractivity contribution is -0.117. The van der Waals surface area contributed by atoms with Gasteiger partial charge in [0.2, 0.25) is 6.41 Å². The fourth-order valence-corrected chi connectivity index (χ4v) is 3.06. The minimum absolute atomic E-state index is 0.274. The summed E-state index contributed by atoms with van der Waals surface area (Å²) in [4.78, 5) is 13.1. The Balaban J connectivity index is 2.03. The van der Waals surface area contributed by atoms with Gasteiger partial charge in [0, 0.05) is 11.6 Å². The molecule has 1 amide bonds. The molecule has 2 aliphatic carbocycles. The van der Waals surface area contributed by atoms with Gasteiger partial charge < -0.3 is 4.90 Å². The molecule has 2 nitrogen and oxygen atoms in total. The van der Waals surface area contributed by atoms with Crippen molar-refractivity contribution in [3.8, 4) is 0 Å². The Morgan fingerprint density at radius 3 is 2.87 bits per heavy atom. The Morgan fingerprint density at radius 2 is 2.00 bits per heavy atom. The largest absolute Gasteiger partial charge is 0.311 e. The van der Waals surface area contributed by atoms with E-state index in [2.05, 4.69) is 24.3 Å². The van der Waals surface area contributed by atoms with E-state index < -0.39 is 0 Å². The van der Waals surface area contributed by atoms with Crippen LogP contribution in [0, 0.1) is 5.92 Å². The maximum absolute atomic E-state index is 11.2. The van der Waals surface area contributed by atoms with Crippen molar-refractivity contribution >= 4 is 6.41 Å². The Bertz CT molecular complexity index is 360. The third-order valence-corrected chi connectivity index (χ3v) is 3.73. The van der Waals surface area contributed by atoms with Gasteiger partial charge in [-0.05, 0) is 31.3 Å². The second kappa shape index (κ2) is 3.37. The highest BCUT2D eigenvalue weighted by atomic mass is 16.1. The zero-order chi connectivity index (χ0) is 10.3. The first-order valence-electron chi connectivity index (χ1n) is 5.72. The van der Waals surface area contributed by atoms with Gasteiger partial charge in [-0.2, -0.15) is 0 Å². The van der Waals surface area contributed by atoms with Gasteiger partial charge in [-0.15, -0.1) is 0 Å². The van der Waals surface area contributed by atoms with Crippen molar-refractivity contribution in [3.05, 3.63) is 35.6 Å². The number of hydrogen-bond donors (Lipinski definition) is 0. The summed E-state index contributed by atoms with van der Waals surface area (Å²) >= 11 is 0. The Morgan fingerprint density at radius 1 is 1.20 bits per heavy atom. The van der Waals surface area contributed by atoms with Crippen LogP contribution < -0.4 is 0 Å². The van der Waals surface area contributed by atoms with Crippen molar-refractivity contribution < 1.29 is 4.79 Å². The number of allylic oxidation sites excluding steroid dienone is 3. The van der Waals surface area contributed by atoms with E-state index in [0.29, 0.717) is 5.92 Å². The van der Waals surface area contributed by atoms with Crippen LogP contribution in [0.25, 0.3) is 0 Å². The van der Waals surface area contributed by atoms with E-state index in [4.69, 9.17) is 0 Å². The predicted molar refractivity (Wildman–Crippen MR) is 59.0 cm³/mol.